The Morgan fingerprint density at radius 3 is 2.61 bits per heavy atom. The molecule has 0 spiro atoms. The van der Waals surface area contributed by atoms with Crippen molar-refractivity contribution in [2.45, 2.75) is 6.92 Å². The summed E-state index contributed by atoms with van der Waals surface area (Å²) in [5.74, 6) is 0.248. The number of pyridine rings is 1. The average molecular weight is 325 g/mol. The van der Waals surface area contributed by atoms with E-state index in [1.165, 1.54) is 11.3 Å². The number of hydrogen-bond donors (Lipinski definition) is 1. The van der Waals surface area contributed by atoms with Crippen LogP contribution in [-0.4, -0.2) is 23.0 Å². The zero-order valence-corrected chi connectivity index (χ0v) is 13.6. The van der Waals surface area contributed by atoms with E-state index in [1.807, 2.05) is 37.3 Å². The van der Waals surface area contributed by atoms with E-state index in [-0.39, 0.29) is 5.91 Å². The van der Waals surface area contributed by atoms with Crippen LogP contribution >= 0.6 is 11.3 Å². The predicted octanol–water partition coefficient (Wildman–Crippen LogP) is 3.77. The summed E-state index contributed by atoms with van der Waals surface area (Å²) in [7, 11) is 1.55. The SMILES string of the molecule is COc1ccc(NC(=O)c2nc(C)sc2-c2ccccc2)cn1. The first-order valence-corrected chi connectivity index (χ1v) is 7.83. The van der Waals surface area contributed by atoms with Gasteiger partial charge in [-0.15, -0.1) is 11.3 Å². The van der Waals surface area contributed by atoms with E-state index in [0.717, 1.165) is 15.4 Å². The summed E-state index contributed by atoms with van der Waals surface area (Å²) in [4.78, 5) is 21.9. The summed E-state index contributed by atoms with van der Waals surface area (Å²) in [6.07, 6.45) is 1.55. The Balaban J connectivity index is 1.87. The van der Waals surface area contributed by atoms with Crippen LogP contribution in [0, 0.1) is 6.92 Å². The van der Waals surface area contributed by atoms with Crippen molar-refractivity contribution in [2.75, 3.05) is 12.4 Å². The first kappa shape index (κ1) is 15.2. The smallest absolute Gasteiger partial charge is 0.275 e. The molecule has 0 saturated carbocycles. The number of thiazole rings is 1. The summed E-state index contributed by atoms with van der Waals surface area (Å²) >= 11 is 1.50. The molecule has 5 nitrogen and oxygen atoms in total. The number of carbonyl (C=O) groups excluding carboxylic acids is 1. The standard InChI is InChI=1S/C17H15N3O2S/c1-11-19-15(16(23-11)12-6-4-3-5-7-12)17(21)20-13-8-9-14(22-2)18-10-13/h3-10H,1-2H3,(H,20,21). The first-order valence-electron chi connectivity index (χ1n) is 7.01. The molecule has 23 heavy (non-hydrogen) atoms. The normalized spacial score (nSPS) is 10.3. The van der Waals surface area contributed by atoms with Gasteiger partial charge >= 0.3 is 0 Å². The van der Waals surface area contributed by atoms with E-state index < -0.39 is 0 Å². The highest BCUT2D eigenvalue weighted by Crippen LogP contribution is 2.30. The minimum Gasteiger partial charge on any atom is -0.481 e. The minimum atomic E-state index is -0.250. The number of rotatable bonds is 4. The van der Waals surface area contributed by atoms with E-state index in [2.05, 4.69) is 15.3 Å². The van der Waals surface area contributed by atoms with Gasteiger partial charge in [0.1, 0.15) is 5.69 Å². The van der Waals surface area contributed by atoms with E-state index in [1.54, 1.807) is 25.4 Å². The number of amides is 1. The maximum Gasteiger partial charge on any atom is 0.275 e. The van der Waals surface area contributed by atoms with Crippen LogP contribution in [0.4, 0.5) is 5.69 Å². The topological polar surface area (TPSA) is 64.1 Å². The Morgan fingerprint density at radius 2 is 1.96 bits per heavy atom. The van der Waals surface area contributed by atoms with Crippen LogP contribution in [0.15, 0.2) is 48.7 Å². The van der Waals surface area contributed by atoms with Crippen LogP contribution < -0.4 is 10.1 Å². The number of nitrogens with one attached hydrogen (secondary N) is 1. The van der Waals surface area contributed by atoms with Crippen molar-refractivity contribution in [2.24, 2.45) is 0 Å². The highest BCUT2D eigenvalue weighted by molar-refractivity contribution is 7.15. The molecule has 0 unspecified atom stereocenters. The van der Waals surface area contributed by atoms with Gasteiger partial charge in [-0.1, -0.05) is 30.3 Å². The van der Waals surface area contributed by atoms with Crippen LogP contribution in [0.25, 0.3) is 10.4 Å². The lowest BCUT2D eigenvalue weighted by Gasteiger charge is -2.06. The number of hydrogen-bond acceptors (Lipinski definition) is 5. The van der Waals surface area contributed by atoms with E-state index in [0.29, 0.717) is 17.3 Å². The second-order valence-electron chi connectivity index (χ2n) is 4.82. The predicted molar refractivity (Wildman–Crippen MR) is 91.0 cm³/mol. The highest BCUT2D eigenvalue weighted by atomic mass is 32.1. The summed E-state index contributed by atoms with van der Waals surface area (Å²) in [6, 6.07) is 13.2. The molecule has 116 valence electrons. The van der Waals surface area contributed by atoms with Crippen LogP contribution in [-0.2, 0) is 0 Å². The monoisotopic (exact) mass is 325 g/mol. The Kier molecular flexibility index (Phi) is 4.34. The van der Waals surface area contributed by atoms with Crippen LogP contribution in [0.5, 0.6) is 5.88 Å². The third-order valence-corrected chi connectivity index (χ3v) is 4.21. The fraction of sp³-hybridized carbons (Fsp3) is 0.118. The molecule has 0 fully saturated rings. The summed E-state index contributed by atoms with van der Waals surface area (Å²) in [5, 5.41) is 3.67. The quantitative estimate of drug-likeness (QED) is 0.793. The number of ether oxygens (including phenoxy) is 1. The third kappa shape index (κ3) is 3.37. The number of methoxy groups -OCH3 is 1. The van der Waals surface area contributed by atoms with Gasteiger partial charge in [0, 0.05) is 6.07 Å². The van der Waals surface area contributed by atoms with Crippen LogP contribution in [0.2, 0.25) is 0 Å². The third-order valence-electron chi connectivity index (χ3n) is 3.19. The zero-order valence-electron chi connectivity index (χ0n) is 12.7. The Bertz CT molecular complexity index is 814. The Hall–Kier alpha value is -2.73. The molecule has 0 radical (unpaired) electrons. The second-order valence-corrected chi connectivity index (χ2v) is 6.02. The van der Waals surface area contributed by atoms with E-state index in [9.17, 15) is 4.79 Å². The molecule has 6 heteroatoms. The first-order chi connectivity index (χ1) is 11.2. The van der Waals surface area contributed by atoms with E-state index >= 15 is 0 Å². The molecule has 0 aliphatic rings. The van der Waals surface area contributed by atoms with Gasteiger partial charge in [0.15, 0.2) is 0 Å². The number of benzene rings is 1. The molecular weight excluding hydrogens is 310 g/mol. The Morgan fingerprint density at radius 1 is 1.17 bits per heavy atom. The molecule has 1 aromatic carbocycles. The van der Waals surface area contributed by atoms with Gasteiger partial charge in [0.25, 0.3) is 5.91 Å². The van der Waals surface area contributed by atoms with Gasteiger partial charge in [0.05, 0.1) is 28.9 Å². The molecule has 2 heterocycles. The average Bonchev–Trinajstić information content (AvgIpc) is 2.98. The van der Waals surface area contributed by atoms with Gasteiger partial charge in [-0.05, 0) is 18.6 Å². The molecule has 0 atom stereocenters. The molecule has 3 rings (SSSR count). The van der Waals surface area contributed by atoms with Crippen LogP contribution in [0.3, 0.4) is 0 Å². The minimum absolute atomic E-state index is 0.250. The largest absolute Gasteiger partial charge is 0.481 e. The molecule has 1 amide bonds. The number of anilines is 1. The van der Waals surface area contributed by atoms with E-state index in [4.69, 9.17) is 4.74 Å². The van der Waals surface area contributed by atoms with Gasteiger partial charge in [-0.25, -0.2) is 9.97 Å². The van der Waals surface area contributed by atoms with Gasteiger partial charge in [0.2, 0.25) is 5.88 Å². The molecule has 0 bridgehead atoms. The second kappa shape index (κ2) is 6.58. The van der Waals surface area contributed by atoms with Gasteiger partial charge < -0.3 is 10.1 Å². The summed E-state index contributed by atoms with van der Waals surface area (Å²) in [5.41, 5.74) is 2.01. The Labute approximate surface area is 138 Å². The summed E-state index contributed by atoms with van der Waals surface area (Å²) in [6.45, 7) is 1.89. The maximum absolute atomic E-state index is 12.6. The summed E-state index contributed by atoms with van der Waals surface area (Å²) < 4.78 is 5.00. The van der Waals surface area contributed by atoms with Gasteiger partial charge in [-0.3, -0.25) is 4.79 Å². The molecule has 3 aromatic rings. The molecule has 2 aromatic heterocycles. The number of aromatic nitrogens is 2. The number of nitrogens with zero attached hydrogens (tertiary/aromatic N) is 2. The molecule has 0 saturated heterocycles. The van der Waals surface area contributed by atoms with Crippen molar-refractivity contribution < 1.29 is 9.53 Å². The van der Waals surface area contributed by atoms with Crippen molar-refractivity contribution in [3.8, 4) is 16.3 Å². The molecule has 0 aliphatic carbocycles. The molecule has 1 N–H and O–H groups in total. The number of aryl methyl sites for hydroxylation is 1. The fourth-order valence-electron chi connectivity index (χ4n) is 2.13. The highest BCUT2D eigenvalue weighted by Gasteiger charge is 2.18. The maximum atomic E-state index is 12.6. The zero-order chi connectivity index (χ0) is 16.2. The molecular formula is C17H15N3O2S. The molecule has 0 aliphatic heterocycles. The van der Waals surface area contributed by atoms with Crippen molar-refractivity contribution in [1.82, 2.24) is 9.97 Å². The van der Waals surface area contributed by atoms with Crippen LogP contribution in [0.1, 0.15) is 15.5 Å². The fourth-order valence-corrected chi connectivity index (χ4v) is 3.05. The van der Waals surface area contributed by atoms with Crippen molar-refractivity contribution in [3.63, 3.8) is 0 Å². The van der Waals surface area contributed by atoms with Crippen molar-refractivity contribution in [1.29, 1.82) is 0 Å². The number of carbonyl (C=O) groups is 1. The lowest BCUT2D eigenvalue weighted by molar-refractivity contribution is 0.102. The van der Waals surface area contributed by atoms with Crippen molar-refractivity contribution >= 4 is 22.9 Å². The lowest BCUT2D eigenvalue weighted by Crippen LogP contribution is -2.13. The van der Waals surface area contributed by atoms with Crippen molar-refractivity contribution in [3.05, 3.63) is 59.4 Å². The lowest BCUT2D eigenvalue weighted by atomic mass is 10.1. The van der Waals surface area contributed by atoms with Gasteiger partial charge in [-0.2, -0.15) is 0 Å².